The van der Waals surface area contributed by atoms with Crippen molar-refractivity contribution >= 4 is 34.6 Å². The van der Waals surface area contributed by atoms with Gasteiger partial charge in [-0.1, -0.05) is 41.9 Å². The number of rotatable bonds is 6. The Kier molecular flexibility index (Phi) is 7.54. The Hall–Kier alpha value is -1.82. The van der Waals surface area contributed by atoms with Crippen molar-refractivity contribution in [3.05, 3.63) is 59.1 Å². The molecule has 0 bridgehead atoms. The molecule has 150 valence electrons. The number of likely N-dealkylation sites (tertiary alicyclic amines) is 1. The van der Waals surface area contributed by atoms with Crippen LogP contribution < -0.4 is 10.1 Å². The molecule has 4 nitrogen and oxygen atoms in total. The molecule has 2 aromatic rings. The van der Waals surface area contributed by atoms with Gasteiger partial charge in [-0.25, -0.2) is 0 Å². The van der Waals surface area contributed by atoms with Crippen LogP contribution in [0.15, 0.2) is 48.5 Å². The quantitative estimate of drug-likeness (QED) is 0.688. The number of piperidine rings is 1. The first-order chi connectivity index (χ1) is 13.6. The van der Waals surface area contributed by atoms with Gasteiger partial charge >= 0.3 is 0 Å². The lowest BCUT2D eigenvalue weighted by Gasteiger charge is -2.39. The van der Waals surface area contributed by atoms with Crippen LogP contribution in [0.3, 0.4) is 0 Å². The van der Waals surface area contributed by atoms with Crippen molar-refractivity contribution < 1.29 is 4.74 Å². The maximum Gasteiger partial charge on any atom is 0.173 e. The molecule has 6 heteroatoms. The van der Waals surface area contributed by atoms with Gasteiger partial charge < -0.3 is 19.9 Å². The van der Waals surface area contributed by atoms with Crippen LogP contribution >= 0.6 is 23.8 Å². The van der Waals surface area contributed by atoms with E-state index in [-0.39, 0.29) is 0 Å². The molecular formula is C22H28ClN3OS. The molecule has 28 heavy (non-hydrogen) atoms. The van der Waals surface area contributed by atoms with Crippen LogP contribution in [0.4, 0.5) is 5.69 Å². The van der Waals surface area contributed by atoms with Crippen LogP contribution in [0, 0.1) is 0 Å². The Morgan fingerprint density at radius 2 is 1.93 bits per heavy atom. The first-order valence-electron chi connectivity index (χ1n) is 9.70. The molecule has 0 radical (unpaired) electrons. The number of hydrogen-bond acceptors (Lipinski definition) is 3. The second-order valence-corrected chi connectivity index (χ2v) is 8.03. The predicted molar refractivity (Wildman–Crippen MR) is 122 cm³/mol. The minimum atomic E-state index is 0.442. The van der Waals surface area contributed by atoms with Gasteiger partial charge in [0.1, 0.15) is 5.75 Å². The first-order valence-corrected chi connectivity index (χ1v) is 10.5. The molecule has 0 atom stereocenters. The number of hydrogen-bond donors (Lipinski definition) is 1. The topological polar surface area (TPSA) is 27.7 Å². The zero-order valence-electron chi connectivity index (χ0n) is 16.5. The summed E-state index contributed by atoms with van der Waals surface area (Å²) < 4.78 is 5.24. The summed E-state index contributed by atoms with van der Waals surface area (Å²) >= 11 is 12.2. The van der Waals surface area contributed by atoms with Gasteiger partial charge in [0.2, 0.25) is 0 Å². The maximum absolute atomic E-state index is 6.41. The molecule has 1 N–H and O–H groups in total. The van der Waals surface area contributed by atoms with Crippen LogP contribution in [0.1, 0.15) is 18.4 Å². The van der Waals surface area contributed by atoms with Gasteiger partial charge in [0.15, 0.2) is 5.11 Å². The predicted octanol–water partition coefficient (Wildman–Crippen LogP) is 4.68. The summed E-state index contributed by atoms with van der Waals surface area (Å²) in [4.78, 5) is 4.72. The van der Waals surface area contributed by atoms with Gasteiger partial charge in [-0.2, -0.15) is 0 Å². The third-order valence-corrected chi connectivity index (χ3v) is 5.94. The van der Waals surface area contributed by atoms with Gasteiger partial charge in [0, 0.05) is 18.7 Å². The zero-order valence-corrected chi connectivity index (χ0v) is 18.1. The highest BCUT2D eigenvalue weighted by molar-refractivity contribution is 7.80. The molecule has 0 amide bonds. The average Bonchev–Trinajstić information content (AvgIpc) is 2.71. The van der Waals surface area contributed by atoms with Crippen LogP contribution in [0.25, 0.3) is 0 Å². The number of nitrogens with zero attached hydrogens (tertiary/aromatic N) is 2. The largest absolute Gasteiger partial charge is 0.497 e. The van der Waals surface area contributed by atoms with Gasteiger partial charge in [-0.05, 0) is 69.3 Å². The normalized spacial score (nSPS) is 15.2. The lowest BCUT2D eigenvalue weighted by Crippen LogP contribution is -2.48. The van der Waals surface area contributed by atoms with Crippen molar-refractivity contribution in [3.63, 3.8) is 0 Å². The molecule has 0 aromatic heterocycles. The standard InChI is InChI=1S/C22H28ClN3OS/c1-25-13-11-18(12-14-25)26(15-10-17-6-4-3-5-7-17)22(28)24-21-9-8-19(27-2)16-20(21)23/h3-9,16,18H,10-15H2,1-2H3,(H,24,28). The molecule has 0 spiro atoms. The van der Waals surface area contributed by atoms with Crippen molar-refractivity contribution in [2.45, 2.75) is 25.3 Å². The molecule has 0 saturated carbocycles. The van der Waals surface area contributed by atoms with Crippen molar-refractivity contribution in [1.29, 1.82) is 0 Å². The molecule has 1 heterocycles. The zero-order chi connectivity index (χ0) is 19.9. The fraction of sp³-hybridized carbons (Fsp3) is 0.409. The molecule has 1 saturated heterocycles. The SMILES string of the molecule is COc1ccc(NC(=S)N(CCc2ccccc2)C2CCN(C)CC2)c(Cl)c1. The molecule has 3 rings (SSSR count). The van der Waals surface area contributed by atoms with Crippen LogP contribution in [-0.4, -0.2) is 54.7 Å². The van der Waals surface area contributed by atoms with E-state index in [2.05, 4.69) is 52.5 Å². The molecule has 1 aliphatic heterocycles. The van der Waals surface area contributed by atoms with Gasteiger partial charge in [0.25, 0.3) is 0 Å². The average molecular weight is 418 g/mol. The fourth-order valence-corrected chi connectivity index (χ4v) is 4.13. The van der Waals surface area contributed by atoms with Gasteiger partial charge in [-0.3, -0.25) is 0 Å². The van der Waals surface area contributed by atoms with Crippen molar-refractivity contribution in [3.8, 4) is 5.75 Å². The number of methoxy groups -OCH3 is 1. The van der Waals surface area contributed by atoms with Crippen molar-refractivity contribution in [1.82, 2.24) is 9.80 Å². The molecular weight excluding hydrogens is 390 g/mol. The second kappa shape index (κ2) is 10.1. The van der Waals surface area contributed by atoms with Gasteiger partial charge in [-0.15, -0.1) is 0 Å². The van der Waals surface area contributed by atoms with E-state index in [1.54, 1.807) is 13.2 Å². The smallest absolute Gasteiger partial charge is 0.173 e. The molecule has 1 fully saturated rings. The molecule has 0 unspecified atom stereocenters. The number of anilines is 1. The number of thiocarbonyl (C=S) groups is 1. The minimum absolute atomic E-state index is 0.442. The molecule has 0 aliphatic carbocycles. The van der Waals surface area contributed by atoms with E-state index in [9.17, 15) is 0 Å². The summed E-state index contributed by atoms with van der Waals surface area (Å²) in [6, 6.07) is 16.6. The summed E-state index contributed by atoms with van der Waals surface area (Å²) in [6.07, 6.45) is 3.19. The van der Waals surface area contributed by atoms with E-state index in [1.807, 2.05) is 12.1 Å². The lowest BCUT2D eigenvalue weighted by atomic mass is 10.0. The highest BCUT2D eigenvalue weighted by atomic mass is 35.5. The number of ether oxygens (including phenoxy) is 1. The summed E-state index contributed by atoms with van der Waals surface area (Å²) in [5.41, 5.74) is 2.14. The number of halogens is 1. The van der Waals surface area contributed by atoms with E-state index in [4.69, 9.17) is 28.6 Å². The maximum atomic E-state index is 6.41. The number of nitrogens with one attached hydrogen (secondary N) is 1. The van der Waals surface area contributed by atoms with Crippen LogP contribution in [0.5, 0.6) is 5.75 Å². The molecule has 2 aromatic carbocycles. The van der Waals surface area contributed by atoms with E-state index < -0.39 is 0 Å². The van der Waals surface area contributed by atoms with Crippen molar-refractivity contribution in [2.75, 3.05) is 39.1 Å². The van der Waals surface area contributed by atoms with E-state index in [0.717, 1.165) is 55.4 Å². The van der Waals surface area contributed by atoms with E-state index in [0.29, 0.717) is 11.1 Å². The van der Waals surface area contributed by atoms with E-state index >= 15 is 0 Å². The first kappa shape index (κ1) is 20.9. The highest BCUT2D eigenvalue weighted by Crippen LogP contribution is 2.27. The Labute approximate surface area is 178 Å². The van der Waals surface area contributed by atoms with Crippen molar-refractivity contribution in [2.24, 2.45) is 0 Å². The van der Waals surface area contributed by atoms with E-state index in [1.165, 1.54) is 5.56 Å². The summed E-state index contributed by atoms with van der Waals surface area (Å²) in [7, 11) is 3.81. The summed E-state index contributed by atoms with van der Waals surface area (Å²) in [6.45, 7) is 3.08. The third-order valence-electron chi connectivity index (χ3n) is 5.29. The third kappa shape index (κ3) is 5.60. The second-order valence-electron chi connectivity index (χ2n) is 7.24. The minimum Gasteiger partial charge on any atom is -0.497 e. The Bertz CT molecular complexity index is 779. The van der Waals surface area contributed by atoms with Crippen LogP contribution in [0.2, 0.25) is 5.02 Å². The fourth-order valence-electron chi connectivity index (χ4n) is 3.56. The Morgan fingerprint density at radius 3 is 2.57 bits per heavy atom. The van der Waals surface area contributed by atoms with Crippen LogP contribution in [-0.2, 0) is 6.42 Å². The highest BCUT2D eigenvalue weighted by Gasteiger charge is 2.25. The lowest BCUT2D eigenvalue weighted by molar-refractivity contribution is 0.178. The monoisotopic (exact) mass is 417 g/mol. The summed E-state index contributed by atoms with van der Waals surface area (Å²) in [5, 5.41) is 4.70. The molecule has 1 aliphatic rings. The Balaban J connectivity index is 1.72. The van der Waals surface area contributed by atoms with Gasteiger partial charge in [0.05, 0.1) is 17.8 Å². The number of benzene rings is 2. The Morgan fingerprint density at radius 1 is 1.21 bits per heavy atom. The summed E-state index contributed by atoms with van der Waals surface area (Å²) in [5.74, 6) is 0.734.